The maximum absolute atomic E-state index is 4.73. The highest BCUT2D eigenvalue weighted by molar-refractivity contribution is 5.65. The smallest absolute Gasteiger partial charge is 0.247 e. The zero-order valence-corrected chi connectivity index (χ0v) is 16.9. The summed E-state index contributed by atoms with van der Waals surface area (Å²) in [5.41, 5.74) is 3.69. The fourth-order valence-electron chi connectivity index (χ4n) is 3.58. The lowest BCUT2D eigenvalue weighted by molar-refractivity contribution is 0.624. The van der Waals surface area contributed by atoms with Crippen molar-refractivity contribution in [1.29, 1.82) is 0 Å². The molecule has 8 heteroatoms. The van der Waals surface area contributed by atoms with E-state index in [-0.39, 0.29) is 0 Å². The van der Waals surface area contributed by atoms with Crippen molar-refractivity contribution in [3.05, 3.63) is 54.0 Å². The Labute approximate surface area is 171 Å². The molecule has 0 bridgehead atoms. The van der Waals surface area contributed by atoms with Gasteiger partial charge in [0.1, 0.15) is 0 Å². The highest BCUT2D eigenvalue weighted by Gasteiger charge is 2.21. The third-order valence-electron chi connectivity index (χ3n) is 5.20. The molecule has 0 amide bonds. The normalized spacial score (nSPS) is 14.1. The summed E-state index contributed by atoms with van der Waals surface area (Å²) in [7, 11) is 0. The fourth-order valence-corrected chi connectivity index (χ4v) is 3.58. The summed E-state index contributed by atoms with van der Waals surface area (Å²) in [4.78, 5) is 17.7. The topological polar surface area (TPSA) is 83.0 Å². The third-order valence-corrected chi connectivity index (χ3v) is 5.20. The minimum atomic E-state index is 0.649. The minimum absolute atomic E-state index is 0.649. The number of hydrogen-bond donors (Lipinski definition) is 1. The van der Waals surface area contributed by atoms with Gasteiger partial charge in [0.15, 0.2) is 5.82 Å². The van der Waals surface area contributed by atoms with Crippen LogP contribution in [-0.4, -0.2) is 51.3 Å². The molecule has 1 aliphatic rings. The number of anilines is 4. The first-order chi connectivity index (χ1) is 14.3. The van der Waals surface area contributed by atoms with Crippen LogP contribution in [0.3, 0.4) is 0 Å². The molecular formula is C21H26N8. The number of benzene rings is 1. The second-order valence-electron chi connectivity index (χ2n) is 6.95. The molecule has 29 heavy (non-hydrogen) atoms. The highest BCUT2D eigenvalue weighted by atomic mass is 15.4. The summed E-state index contributed by atoms with van der Waals surface area (Å²) in [5, 5.41) is 11.9. The first-order valence-electron chi connectivity index (χ1n) is 10.1. The second-order valence-corrected chi connectivity index (χ2v) is 6.95. The van der Waals surface area contributed by atoms with E-state index in [1.807, 2.05) is 6.07 Å². The summed E-state index contributed by atoms with van der Waals surface area (Å²) in [5.74, 6) is 2.14. The van der Waals surface area contributed by atoms with Crippen LogP contribution in [0.5, 0.6) is 0 Å². The van der Waals surface area contributed by atoms with E-state index in [2.05, 4.69) is 67.3 Å². The predicted octanol–water partition coefficient (Wildman–Crippen LogP) is 2.86. The van der Waals surface area contributed by atoms with Gasteiger partial charge >= 0.3 is 0 Å². The van der Waals surface area contributed by atoms with E-state index in [9.17, 15) is 0 Å². The Morgan fingerprint density at radius 3 is 2.10 bits per heavy atom. The number of rotatable bonds is 6. The van der Waals surface area contributed by atoms with Crippen LogP contribution in [0.25, 0.3) is 0 Å². The molecule has 3 heterocycles. The molecule has 2 aromatic heterocycles. The largest absolute Gasteiger partial charge is 0.338 e. The Hall–Kier alpha value is -3.29. The van der Waals surface area contributed by atoms with Gasteiger partial charge in [-0.15, -0.1) is 5.10 Å². The number of nitrogens with zero attached hydrogens (tertiary/aromatic N) is 7. The first kappa shape index (κ1) is 19.0. The van der Waals surface area contributed by atoms with Gasteiger partial charge in [0, 0.05) is 44.3 Å². The second kappa shape index (κ2) is 8.81. The van der Waals surface area contributed by atoms with Crippen LogP contribution < -0.4 is 15.1 Å². The van der Waals surface area contributed by atoms with Gasteiger partial charge in [-0.05, 0) is 30.0 Å². The van der Waals surface area contributed by atoms with E-state index in [1.165, 1.54) is 11.1 Å². The number of nitrogens with one attached hydrogen (secondary N) is 1. The van der Waals surface area contributed by atoms with Crippen molar-refractivity contribution in [2.24, 2.45) is 0 Å². The summed E-state index contributed by atoms with van der Waals surface area (Å²) in [6.45, 7) is 7.58. The molecule has 1 aromatic carbocycles. The minimum Gasteiger partial charge on any atom is -0.338 e. The quantitative estimate of drug-likeness (QED) is 0.688. The number of hydrogen-bond acceptors (Lipinski definition) is 8. The average molecular weight is 390 g/mol. The SMILES string of the molecule is CCc1cccc(CC)c1Nc1cnnc(N2CCN(c3ncccn3)CC2)n1. The van der Waals surface area contributed by atoms with Gasteiger partial charge in [0.2, 0.25) is 11.9 Å². The predicted molar refractivity (Wildman–Crippen MR) is 115 cm³/mol. The lowest BCUT2D eigenvalue weighted by atomic mass is 10.0. The molecule has 1 fully saturated rings. The molecule has 1 aliphatic heterocycles. The van der Waals surface area contributed by atoms with Crippen molar-refractivity contribution >= 4 is 23.4 Å². The summed E-state index contributed by atoms with van der Waals surface area (Å²) in [6.07, 6.45) is 7.16. The molecule has 0 atom stereocenters. The zero-order valence-electron chi connectivity index (χ0n) is 16.9. The number of piperazine rings is 1. The van der Waals surface area contributed by atoms with Crippen LogP contribution in [-0.2, 0) is 12.8 Å². The molecular weight excluding hydrogens is 364 g/mol. The van der Waals surface area contributed by atoms with Crippen LogP contribution in [0.1, 0.15) is 25.0 Å². The molecule has 3 aromatic rings. The molecule has 0 aliphatic carbocycles. The van der Waals surface area contributed by atoms with E-state index in [4.69, 9.17) is 4.98 Å². The summed E-state index contributed by atoms with van der Waals surface area (Å²) >= 11 is 0. The van der Waals surface area contributed by atoms with E-state index in [0.717, 1.165) is 56.5 Å². The van der Waals surface area contributed by atoms with Crippen LogP contribution in [0.4, 0.5) is 23.4 Å². The van der Waals surface area contributed by atoms with Crippen molar-refractivity contribution < 1.29 is 0 Å². The molecule has 0 saturated carbocycles. The Bertz CT molecular complexity index is 916. The highest BCUT2D eigenvalue weighted by Crippen LogP contribution is 2.26. The Kier molecular flexibility index (Phi) is 5.79. The van der Waals surface area contributed by atoms with Gasteiger partial charge in [0.05, 0.1) is 6.20 Å². The standard InChI is InChI=1S/C21H26N8/c1-3-16-7-5-8-17(4-2)19(16)25-18-15-24-27-21(26-18)29-13-11-28(12-14-29)20-22-9-6-10-23-20/h5-10,15H,3-4,11-14H2,1-2H3,(H,25,26,27). The van der Waals surface area contributed by atoms with Gasteiger partial charge in [-0.2, -0.15) is 10.1 Å². The molecule has 4 rings (SSSR count). The Morgan fingerprint density at radius 1 is 0.862 bits per heavy atom. The molecule has 0 unspecified atom stereocenters. The zero-order chi connectivity index (χ0) is 20.1. The Morgan fingerprint density at radius 2 is 1.48 bits per heavy atom. The molecule has 8 nitrogen and oxygen atoms in total. The lowest BCUT2D eigenvalue weighted by Gasteiger charge is -2.34. The lowest BCUT2D eigenvalue weighted by Crippen LogP contribution is -2.47. The monoisotopic (exact) mass is 390 g/mol. The third kappa shape index (κ3) is 4.26. The molecule has 150 valence electrons. The molecule has 1 N–H and O–H groups in total. The van der Waals surface area contributed by atoms with Gasteiger partial charge in [-0.25, -0.2) is 9.97 Å². The van der Waals surface area contributed by atoms with Crippen LogP contribution in [0, 0.1) is 0 Å². The number of aromatic nitrogens is 5. The van der Waals surface area contributed by atoms with Gasteiger partial charge in [0.25, 0.3) is 0 Å². The maximum Gasteiger partial charge on any atom is 0.247 e. The number of aryl methyl sites for hydroxylation is 2. The van der Waals surface area contributed by atoms with Crippen molar-refractivity contribution in [3.8, 4) is 0 Å². The molecule has 1 saturated heterocycles. The maximum atomic E-state index is 4.73. The van der Waals surface area contributed by atoms with Crippen molar-refractivity contribution in [3.63, 3.8) is 0 Å². The average Bonchev–Trinajstić information content (AvgIpc) is 2.80. The van der Waals surface area contributed by atoms with E-state index in [1.54, 1.807) is 18.6 Å². The molecule has 0 spiro atoms. The van der Waals surface area contributed by atoms with Crippen molar-refractivity contribution in [1.82, 2.24) is 25.1 Å². The summed E-state index contributed by atoms with van der Waals surface area (Å²) < 4.78 is 0. The van der Waals surface area contributed by atoms with E-state index in [0.29, 0.717) is 5.95 Å². The van der Waals surface area contributed by atoms with Gasteiger partial charge in [-0.1, -0.05) is 32.0 Å². The van der Waals surface area contributed by atoms with Crippen molar-refractivity contribution in [2.75, 3.05) is 41.3 Å². The van der Waals surface area contributed by atoms with Gasteiger partial charge < -0.3 is 15.1 Å². The van der Waals surface area contributed by atoms with Crippen molar-refractivity contribution in [2.45, 2.75) is 26.7 Å². The Balaban J connectivity index is 1.48. The fraction of sp³-hybridized carbons (Fsp3) is 0.381. The van der Waals surface area contributed by atoms with Crippen LogP contribution in [0.15, 0.2) is 42.9 Å². The first-order valence-corrected chi connectivity index (χ1v) is 10.1. The summed E-state index contributed by atoms with van der Waals surface area (Å²) in [6, 6.07) is 8.25. The van der Waals surface area contributed by atoms with Crippen LogP contribution >= 0.6 is 0 Å². The number of para-hydroxylation sites is 1. The van der Waals surface area contributed by atoms with Crippen LogP contribution in [0.2, 0.25) is 0 Å². The van der Waals surface area contributed by atoms with E-state index < -0.39 is 0 Å². The van der Waals surface area contributed by atoms with Gasteiger partial charge in [-0.3, -0.25) is 0 Å². The van der Waals surface area contributed by atoms with E-state index >= 15 is 0 Å². The molecule has 0 radical (unpaired) electrons.